The number of carboxylic acid groups (broad SMARTS) is 1. The lowest BCUT2D eigenvalue weighted by Crippen LogP contribution is -2.07. The zero-order valence-electron chi connectivity index (χ0n) is 11.5. The number of hydrogen-bond acceptors (Lipinski definition) is 3. The van der Waals surface area contributed by atoms with E-state index in [0.717, 1.165) is 20.5 Å². The van der Waals surface area contributed by atoms with Crippen molar-refractivity contribution in [1.29, 1.82) is 0 Å². The van der Waals surface area contributed by atoms with Gasteiger partial charge in [0.25, 0.3) is 0 Å². The molecule has 1 aromatic heterocycles. The second kappa shape index (κ2) is 5.82. The molecule has 6 heteroatoms. The minimum atomic E-state index is -0.947. The van der Waals surface area contributed by atoms with Crippen LogP contribution in [0.3, 0.4) is 0 Å². The van der Waals surface area contributed by atoms with Gasteiger partial charge in [0, 0.05) is 11.3 Å². The summed E-state index contributed by atoms with van der Waals surface area (Å²) < 4.78 is 8.28. The maximum absolute atomic E-state index is 11.1. The normalized spacial score (nSPS) is 10.6. The van der Waals surface area contributed by atoms with Gasteiger partial charge < -0.3 is 9.84 Å². The summed E-state index contributed by atoms with van der Waals surface area (Å²) in [4.78, 5) is 11.1. The van der Waals surface area contributed by atoms with E-state index in [2.05, 4.69) is 27.7 Å². The Bertz CT molecular complexity index is 665. The SMILES string of the molecule is COc1ccc(C(=O)O)cc1Cn1nc(C)c(I)c1C. The zero-order valence-corrected chi connectivity index (χ0v) is 13.6. The van der Waals surface area contributed by atoms with E-state index in [1.807, 2.05) is 18.5 Å². The fourth-order valence-corrected chi connectivity index (χ4v) is 2.41. The van der Waals surface area contributed by atoms with E-state index < -0.39 is 5.97 Å². The van der Waals surface area contributed by atoms with Gasteiger partial charge >= 0.3 is 5.97 Å². The van der Waals surface area contributed by atoms with Crippen LogP contribution in [0.5, 0.6) is 5.75 Å². The summed E-state index contributed by atoms with van der Waals surface area (Å²) in [5.74, 6) is -0.283. The van der Waals surface area contributed by atoms with E-state index in [1.165, 1.54) is 6.07 Å². The van der Waals surface area contributed by atoms with Gasteiger partial charge in [-0.2, -0.15) is 5.10 Å². The zero-order chi connectivity index (χ0) is 14.9. The van der Waals surface area contributed by atoms with Gasteiger partial charge in [0.1, 0.15) is 5.75 Å². The maximum Gasteiger partial charge on any atom is 0.335 e. The van der Waals surface area contributed by atoms with Gasteiger partial charge in [0.2, 0.25) is 0 Å². The summed E-state index contributed by atoms with van der Waals surface area (Å²) in [6, 6.07) is 4.84. The van der Waals surface area contributed by atoms with Crippen LogP contribution in [-0.4, -0.2) is 28.0 Å². The summed E-state index contributed by atoms with van der Waals surface area (Å²) >= 11 is 2.26. The van der Waals surface area contributed by atoms with Crippen molar-refractivity contribution in [3.05, 3.63) is 44.3 Å². The Labute approximate surface area is 130 Å². The number of rotatable bonds is 4. The monoisotopic (exact) mass is 386 g/mol. The maximum atomic E-state index is 11.1. The average molecular weight is 386 g/mol. The van der Waals surface area contributed by atoms with Crippen LogP contribution in [0, 0.1) is 17.4 Å². The number of carbonyl (C=O) groups is 1. The molecule has 0 fully saturated rings. The van der Waals surface area contributed by atoms with Crippen molar-refractivity contribution in [2.45, 2.75) is 20.4 Å². The highest BCUT2D eigenvalue weighted by Gasteiger charge is 2.13. The van der Waals surface area contributed by atoms with E-state index in [9.17, 15) is 4.79 Å². The highest BCUT2D eigenvalue weighted by Crippen LogP contribution is 2.23. The molecular weight excluding hydrogens is 371 g/mol. The van der Waals surface area contributed by atoms with Crippen molar-refractivity contribution in [2.75, 3.05) is 7.11 Å². The lowest BCUT2D eigenvalue weighted by molar-refractivity contribution is 0.0696. The smallest absolute Gasteiger partial charge is 0.335 e. The molecule has 5 nitrogen and oxygen atoms in total. The molecule has 0 atom stereocenters. The molecule has 1 heterocycles. The number of carboxylic acids is 1. The van der Waals surface area contributed by atoms with Crippen molar-refractivity contribution in [2.24, 2.45) is 0 Å². The molecule has 0 aliphatic heterocycles. The first-order valence-electron chi connectivity index (χ1n) is 6.03. The average Bonchev–Trinajstić information content (AvgIpc) is 2.66. The van der Waals surface area contributed by atoms with Crippen LogP contribution < -0.4 is 4.74 Å². The molecule has 0 aliphatic carbocycles. The summed E-state index contributed by atoms with van der Waals surface area (Å²) in [5.41, 5.74) is 3.08. The van der Waals surface area contributed by atoms with Crippen molar-refractivity contribution < 1.29 is 14.6 Å². The Balaban J connectivity index is 2.43. The molecule has 106 valence electrons. The van der Waals surface area contributed by atoms with Crippen molar-refractivity contribution in [3.8, 4) is 5.75 Å². The van der Waals surface area contributed by atoms with Gasteiger partial charge in [-0.15, -0.1) is 0 Å². The number of aryl methyl sites for hydroxylation is 1. The third-order valence-electron chi connectivity index (χ3n) is 3.14. The Kier molecular flexibility index (Phi) is 4.32. The van der Waals surface area contributed by atoms with Crippen LogP contribution >= 0.6 is 22.6 Å². The van der Waals surface area contributed by atoms with Gasteiger partial charge in [-0.3, -0.25) is 4.68 Å². The summed E-state index contributed by atoms with van der Waals surface area (Å²) in [6.45, 7) is 4.44. The van der Waals surface area contributed by atoms with Crippen LogP contribution in [0.25, 0.3) is 0 Å². The molecule has 0 amide bonds. The molecule has 0 saturated carbocycles. The van der Waals surface area contributed by atoms with Gasteiger partial charge in [0.15, 0.2) is 0 Å². The fourth-order valence-electron chi connectivity index (χ4n) is 2.03. The molecule has 1 N–H and O–H groups in total. The van der Waals surface area contributed by atoms with E-state index in [0.29, 0.717) is 12.3 Å². The molecule has 0 spiro atoms. The standard InChI is InChI=1S/C14H15IN2O3/c1-8-13(15)9(2)17(16-8)7-11-6-10(14(18)19)4-5-12(11)20-3/h4-6H,7H2,1-3H3,(H,18,19). The Morgan fingerprint density at radius 3 is 2.65 bits per heavy atom. The van der Waals surface area contributed by atoms with Crippen molar-refractivity contribution in [3.63, 3.8) is 0 Å². The molecule has 2 aromatic rings. The largest absolute Gasteiger partial charge is 0.496 e. The first-order chi connectivity index (χ1) is 9.43. The molecule has 0 bridgehead atoms. The van der Waals surface area contributed by atoms with Gasteiger partial charge in [-0.05, 0) is 54.6 Å². The highest BCUT2D eigenvalue weighted by atomic mass is 127. The molecule has 1 aromatic carbocycles. The summed E-state index contributed by atoms with van der Waals surface area (Å²) in [6.07, 6.45) is 0. The lowest BCUT2D eigenvalue weighted by Gasteiger charge is -2.11. The van der Waals surface area contributed by atoms with E-state index in [1.54, 1.807) is 19.2 Å². The summed E-state index contributed by atoms with van der Waals surface area (Å²) in [5, 5.41) is 13.5. The predicted octanol–water partition coefficient (Wildman–Crippen LogP) is 2.86. The predicted molar refractivity (Wildman–Crippen MR) is 83.5 cm³/mol. The molecule has 2 rings (SSSR count). The lowest BCUT2D eigenvalue weighted by atomic mass is 10.1. The fraction of sp³-hybridized carbons (Fsp3) is 0.286. The van der Waals surface area contributed by atoms with E-state index in [4.69, 9.17) is 9.84 Å². The van der Waals surface area contributed by atoms with Gasteiger partial charge in [0.05, 0.1) is 28.5 Å². The third kappa shape index (κ3) is 2.79. The highest BCUT2D eigenvalue weighted by molar-refractivity contribution is 14.1. The number of nitrogens with zero attached hydrogens (tertiary/aromatic N) is 2. The van der Waals surface area contributed by atoms with Crippen molar-refractivity contribution in [1.82, 2.24) is 9.78 Å². The number of halogens is 1. The molecule has 0 unspecified atom stereocenters. The van der Waals surface area contributed by atoms with Crippen LogP contribution in [0.4, 0.5) is 0 Å². The number of aromatic nitrogens is 2. The molecule has 0 saturated heterocycles. The minimum Gasteiger partial charge on any atom is -0.496 e. The van der Waals surface area contributed by atoms with E-state index >= 15 is 0 Å². The van der Waals surface area contributed by atoms with Gasteiger partial charge in [-0.1, -0.05) is 0 Å². The number of methoxy groups -OCH3 is 1. The van der Waals surface area contributed by atoms with Crippen LogP contribution in [-0.2, 0) is 6.54 Å². The van der Waals surface area contributed by atoms with E-state index in [-0.39, 0.29) is 5.56 Å². The first-order valence-corrected chi connectivity index (χ1v) is 7.11. The van der Waals surface area contributed by atoms with Crippen LogP contribution in [0.15, 0.2) is 18.2 Å². The summed E-state index contributed by atoms with van der Waals surface area (Å²) in [7, 11) is 1.57. The number of hydrogen-bond donors (Lipinski definition) is 1. The first kappa shape index (κ1) is 14.8. The van der Waals surface area contributed by atoms with Crippen LogP contribution in [0.1, 0.15) is 27.3 Å². The Morgan fingerprint density at radius 2 is 2.15 bits per heavy atom. The molecule has 0 radical (unpaired) electrons. The third-order valence-corrected chi connectivity index (χ3v) is 4.70. The second-order valence-electron chi connectivity index (χ2n) is 4.47. The second-order valence-corrected chi connectivity index (χ2v) is 5.55. The molecule has 0 aliphatic rings. The number of benzene rings is 1. The van der Waals surface area contributed by atoms with Crippen LogP contribution in [0.2, 0.25) is 0 Å². The van der Waals surface area contributed by atoms with Gasteiger partial charge in [-0.25, -0.2) is 4.79 Å². The molecule has 20 heavy (non-hydrogen) atoms. The Hall–Kier alpha value is -1.57. The number of aromatic carboxylic acids is 1. The minimum absolute atomic E-state index is 0.247. The Morgan fingerprint density at radius 1 is 1.45 bits per heavy atom. The number of ether oxygens (including phenoxy) is 1. The topological polar surface area (TPSA) is 64.3 Å². The quantitative estimate of drug-likeness (QED) is 0.821. The van der Waals surface area contributed by atoms with Crippen molar-refractivity contribution >= 4 is 28.6 Å². The molecular formula is C14H15IN2O3.